The van der Waals surface area contributed by atoms with Crippen LogP contribution in [0.1, 0.15) is 29.3 Å². The first kappa shape index (κ1) is 16.0. The smallest absolute Gasteiger partial charge is 0.167 e. The number of hydrogen-bond donors (Lipinski definition) is 0. The van der Waals surface area contributed by atoms with Crippen molar-refractivity contribution in [3.63, 3.8) is 0 Å². The second-order valence-electron chi connectivity index (χ2n) is 5.75. The van der Waals surface area contributed by atoms with Gasteiger partial charge in [-0.15, -0.1) is 0 Å². The van der Waals surface area contributed by atoms with Gasteiger partial charge in [0.1, 0.15) is 5.75 Å². The highest BCUT2D eigenvalue weighted by molar-refractivity contribution is 5.99. The Balaban J connectivity index is 1.95. The summed E-state index contributed by atoms with van der Waals surface area (Å²) in [5.41, 5.74) is 1.83. The molecule has 0 radical (unpaired) electrons. The van der Waals surface area contributed by atoms with Crippen LogP contribution in [0.25, 0.3) is 0 Å². The van der Waals surface area contributed by atoms with E-state index in [9.17, 15) is 4.79 Å². The first-order valence-electron chi connectivity index (χ1n) is 7.77. The van der Waals surface area contributed by atoms with Gasteiger partial charge in [-0.3, -0.25) is 4.79 Å². The standard InChI is InChI=1S/C17H26N2O2/c1-4-21-17-6-5-14(2)13-15(17)16(20)7-8-19-11-9-18(3)10-12-19/h5-6,13H,4,7-12H2,1-3H3. The van der Waals surface area contributed by atoms with Crippen molar-refractivity contribution in [1.29, 1.82) is 0 Å². The predicted molar refractivity (Wildman–Crippen MR) is 85.2 cm³/mol. The van der Waals surface area contributed by atoms with Crippen molar-refractivity contribution in [1.82, 2.24) is 9.80 Å². The van der Waals surface area contributed by atoms with Gasteiger partial charge in [-0.2, -0.15) is 0 Å². The van der Waals surface area contributed by atoms with Gasteiger partial charge >= 0.3 is 0 Å². The SMILES string of the molecule is CCOc1ccc(C)cc1C(=O)CCN1CCN(C)CC1. The number of nitrogens with zero attached hydrogens (tertiary/aromatic N) is 2. The van der Waals surface area contributed by atoms with Crippen LogP contribution in [-0.2, 0) is 0 Å². The Morgan fingerprint density at radius 2 is 1.95 bits per heavy atom. The second-order valence-corrected chi connectivity index (χ2v) is 5.75. The lowest BCUT2D eigenvalue weighted by Gasteiger charge is -2.32. The molecule has 0 saturated carbocycles. The van der Waals surface area contributed by atoms with Gasteiger partial charge in [-0.1, -0.05) is 11.6 Å². The van der Waals surface area contributed by atoms with E-state index in [1.165, 1.54) is 0 Å². The maximum atomic E-state index is 12.5. The topological polar surface area (TPSA) is 32.8 Å². The Morgan fingerprint density at radius 3 is 2.62 bits per heavy atom. The minimum Gasteiger partial charge on any atom is -0.493 e. The first-order valence-corrected chi connectivity index (χ1v) is 7.77. The Labute approximate surface area is 127 Å². The third-order valence-corrected chi connectivity index (χ3v) is 3.99. The number of rotatable bonds is 6. The monoisotopic (exact) mass is 290 g/mol. The summed E-state index contributed by atoms with van der Waals surface area (Å²) in [5.74, 6) is 0.896. The number of hydrogen-bond acceptors (Lipinski definition) is 4. The van der Waals surface area contributed by atoms with Crippen molar-refractivity contribution < 1.29 is 9.53 Å². The minimum atomic E-state index is 0.182. The summed E-state index contributed by atoms with van der Waals surface area (Å²) < 4.78 is 5.58. The van der Waals surface area contributed by atoms with E-state index in [-0.39, 0.29) is 5.78 Å². The number of carbonyl (C=O) groups is 1. The molecule has 0 aliphatic carbocycles. The molecule has 1 aliphatic heterocycles. The fourth-order valence-electron chi connectivity index (χ4n) is 2.61. The first-order chi connectivity index (χ1) is 10.1. The van der Waals surface area contributed by atoms with Crippen molar-refractivity contribution in [3.05, 3.63) is 29.3 Å². The highest BCUT2D eigenvalue weighted by atomic mass is 16.5. The molecule has 1 saturated heterocycles. The van der Waals surface area contributed by atoms with E-state index in [0.29, 0.717) is 18.8 Å². The molecule has 1 fully saturated rings. The number of piperazine rings is 1. The zero-order valence-corrected chi connectivity index (χ0v) is 13.4. The third kappa shape index (κ3) is 4.55. The number of Topliss-reactive ketones (excluding diaryl/α,β-unsaturated/α-hetero) is 1. The van der Waals surface area contributed by atoms with Crippen molar-refractivity contribution in [2.75, 3.05) is 46.4 Å². The van der Waals surface area contributed by atoms with Gasteiger partial charge < -0.3 is 14.5 Å². The van der Waals surface area contributed by atoms with Crippen LogP contribution in [0.3, 0.4) is 0 Å². The maximum Gasteiger partial charge on any atom is 0.167 e. The van der Waals surface area contributed by atoms with Crippen molar-refractivity contribution >= 4 is 5.78 Å². The van der Waals surface area contributed by atoms with E-state index >= 15 is 0 Å². The van der Waals surface area contributed by atoms with Crippen LogP contribution in [0, 0.1) is 6.92 Å². The van der Waals surface area contributed by atoms with Crippen molar-refractivity contribution in [2.45, 2.75) is 20.3 Å². The van der Waals surface area contributed by atoms with Gasteiger partial charge in [-0.05, 0) is 33.0 Å². The molecule has 1 aromatic rings. The lowest BCUT2D eigenvalue weighted by Crippen LogP contribution is -2.45. The van der Waals surface area contributed by atoms with Crippen molar-refractivity contribution in [2.24, 2.45) is 0 Å². The molecule has 0 aromatic heterocycles. The van der Waals surface area contributed by atoms with Crippen LogP contribution in [-0.4, -0.2) is 62.0 Å². The molecule has 21 heavy (non-hydrogen) atoms. The molecule has 0 atom stereocenters. The summed E-state index contributed by atoms with van der Waals surface area (Å²) >= 11 is 0. The number of carbonyl (C=O) groups excluding carboxylic acids is 1. The molecule has 0 N–H and O–H groups in total. The van der Waals surface area contributed by atoms with Gasteiger partial charge in [0.2, 0.25) is 0 Å². The van der Waals surface area contributed by atoms with Gasteiger partial charge in [0.05, 0.1) is 12.2 Å². The van der Waals surface area contributed by atoms with Gasteiger partial charge in [-0.25, -0.2) is 0 Å². The second kappa shape index (κ2) is 7.57. The van der Waals surface area contributed by atoms with Gasteiger partial charge in [0.15, 0.2) is 5.78 Å². The average molecular weight is 290 g/mol. The molecular weight excluding hydrogens is 264 g/mol. The summed E-state index contributed by atoms with van der Waals surface area (Å²) in [4.78, 5) is 17.2. The van der Waals surface area contributed by atoms with E-state index in [4.69, 9.17) is 4.74 Å². The molecule has 2 rings (SSSR count). The Morgan fingerprint density at radius 1 is 1.24 bits per heavy atom. The predicted octanol–water partition coefficient (Wildman–Crippen LogP) is 2.21. The lowest BCUT2D eigenvalue weighted by molar-refractivity contribution is 0.0938. The van der Waals surface area contributed by atoms with Gasteiger partial charge in [0.25, 0.3) is 0 Å². The highest BCUT2D eigenvalue weighted by Crippen LogP contribution is 2.22. The summed E-state index contributed by atoms with van der Waals surface area (Å²) in [5, 5.41) is 0. The van der Waals surface area contributed by atoms with E-state index in [1.807, 2.05) is 32.0 Å². The van der Waals surface area contributed by atoms with Crippen LogP contribution in [0.15, 0.2) is 18.2 Å². The number of ketones is 1. The Hall–Kier alpha value is -1.39. The average Bonchev–Trinajstić information content (AvgIpc) is 2.48. The van der Waals surface area contributed by atoms with Crippen LogP contribution in [0.5, 0.6) is 5.75 Å². The molecule has 0 bridgehead atoms. The minimum absolute atomic E-state index is 0.182. The molecule has 4 nitrogen and oxygen atoms in total. The molecule has 0 amide bonds. The molecule has 116 valence electrons. The summed E-state index contributed by atoms with van der Waals surface area (Å²) in [7, 11) is 2.14. The van der Waals surface area contributed by atoms with E-state index in [1.54, 1.807) is 0 Å². The van der Waals surface area contributed by atoms with Crippen molar-refractivity contribution in [3.8, 4) is 5.75 Å². The highest BCUT2D eigenvalue weighted by Gasteiger charge is 2.17. The summed E-state index contributed by atoms with van der Waals surface area (Å²) in [6.07, 6.45) is 0.563. The van der Waals surface area contributed by atoms with Crippen LogP contribution >= 0.6 is 0 Å². The third-order valence-electron chi connectivity index (χ3n) is 3.99. The fourth-order valence-corrected chi connectivity index (χ4v) is 2.61. The van der Waals surface area contributed by atoms with Crippen LogP contribution in [0.2, 0.25) is 0 Å². The zero-order valence-electron chi connectivity index (χ0n) is 13.4. The Kier molecular flexibility index (Phi) is 5.76. The number of ether oxygens (including phenoxy) is 1. The number of likely N-dealkylation sites (N-methyl/N-ethyl adjacent to an activating group) is 1. The zero-order chi connectivity index (χ0) is 15.2. The van der Waals surface area contributed by atoms with Gasteiger partial charge in [0, 0.05) is 39.1 Å². The quantitative estimate of drug-likeness (QED) is 0.752. The molecule has 1 aromatic carbocycles. The van der Waals surface area contributed by atoms with E-state index in [0.717, 1.165) is 43.9 Å². The van der Waals surface area contributed by atoms with E-state index in [2.05, 4.69) is 16.8 Å². The fraction of sp³-hybridized carbons (Fsp3) is 0.588. The van der Waals surface area contributed by atoms with E-state index < -0.39 is 0 Å². The molecule has 1 aliphatic rings. The largest absolute Gasteiger partial charge is 0.493 e. The van der Waals surface area contributed by atoms with Crippen LogP contribution < -0.4 is 4.74 Å². The maximum absolute atomic E-state index is 12.5. The molecule has 0 unspecified atom stereocenters. The molecular formula is C17H26N2O2. The molecule has 0 spiro atoms. The summed E-state index contributed by atoms with van der Waals surface area (Å²) in [6.45, 7) is 9.65. The molecule has 1 heterocycles. The number of benzene rings is 1. The lowest BCUT2D eigenvalue weighted by atomic mass is 10.0. The van der Waals surface area contributed by atoms with Crippen LogP contribution in [0.4, 0.5) is 0 Å². The Bertz CT molecular complexity index is 480. The number of aryl methyl sites for hydroxylation is 1. The normalized spacial score (nSPS) is 16.9. The summed E-state index contributed by atoms with van der Waals surface area (Å²) in [6, 6.07) is 5.83. The molecule has 4 heteroatoms.